The molecular weight excluding hydrogens is 552 g/mol. The molecule has 2 aliphatic rings. The van der Waals surface area contributed by atoms with Gasteiger partial charge in [-0.1, -0.05) is 30.3 Å². The van der Waals surface area contributed by atoms with Gasteiger partial charge in [0, 0.05) is 62.2 Å². The Labute approximate surface area is 247 Å². The number of aliphatic hydroxyl groups is 1. The van der Waals surface area contributed by atoms with E-state index in [1.54, 1.807) is 12.1 Å². The first-order valence-corrected chi connectivity index (χ1v) is 16.1. The summed E-state index contributed by atoms with van der Waals surface area (Å²) in [6, 6.07) is 21.0. The van der Waals surface area contributed by atoms with Crippen molar-refractivity contribution in [2.75, 3.05) is 49.2 Å². The Morgan fingerprint density at radius 2 is 1.55 bits per heavy atom. The van der Waals surface area contributed by atoms with Gasteiger partial charge in [0.15, 0.2) is 0 Å². The smallest absolute Gasteiger partial charge is 0.255 e. The van der Waals surface area contributed by atoms with Crippen LogP contribution in [0.1, 0.15) is 40.7 Å². The van der Waals surface area contributed by atoms with Crippen molar-refractivity contribution in [1.82, 2.24) is 9.21 Å². The summed E-state index contributed by atoms with van der Waals surface area (Å²) >= 11 is 0. The minimum absolute atomic E-state index is 0.0183. The van der Waals surface area contributed by atoms with E-state index in [-0.39, 0.29) is 36.5 Å². The van der Waals surface area contributed by atoms with Crippen molar-refractivity contribution in [3.8, 4) is 11.1 Å². The molecule has 1 aliphatic heterocycles. The van der Waals surface area contributed by atoms with Gasteiger partial charge in [0.1, 0.15) is 0 Å². The topological polar surface area (TPSA) is 119 Å². The number of nitrogens with zero attached hydrogens (tertiary/aromatic N) is 2. The van der Waals surface area contributed by atoms with Gasteiger partial charge in [0.05, 0.1) is 5.75 Å². The summed E-state index contributed by atoms with van der Waals surface area (Å²) in [7, 11) is -3.31. The predicted molar refractivity (Wildman–Crippen MR) is 165 cm³/mol. The van der Waals surface area contributed by atoms with E-state index in [9.17, 15) is 18.0 Å². The predicted octanol–water partition coefficient (Wildman–Crippen LogP) is 4.09. The highest BCUT2D eigenvalue weighted by Gasteiger charge is 2.29. The van der Waals surface area contributed by atoms with Crippen molar-refractivity contribution in [3.05, 3.63) is 83.4 Å². The number of anilines is 2. The lowest BCUT2D eigenvalue weighted by atomic mass is 9.98. The van der Waals surface area contributed by atoms with Gasteiger partial charge in [-0.05, 0) is 84.8 Å². The molecule has 0 aromatic heterocycles. The van der Waals surface area contributed by atoms with Gasteiger partial charge < -0.3 is 15.7 Å². The molecule has 5 rings (SSSR count). The van der Waals surface area contributed by atoms with Crippen LogP contribution in [-0.2, 0) is 21.4 Å². The number of hydrogen-bond acceptors (Lipinski definition) is 6. The van der Waals surface area contributed by atoms with Crippen molar-refractivity contribution < 1.29 is 23.1 Å². The van der Waals surface area contributed by atoms with Crippen molar-refractivity contribution in [3.63, 3.8) is 0 Å². The Balaban J connectivity index is 1.13. The number of hydrogen-bond donors (Lipinski definition) is 3. The molecule has 0 spiro atoms. The Morgan fingerprint density at radius 1 is 0.881 bits per heavy atom. The third-order valence-electron chi connectivity index (χ3n) is 7.81. The maximum atomic E-state index is 12.9. The van der Waals surface area contributed by atoms with Crippen LogP contribution in [0.2, 0.25) is 0 Å². The first-order valence-electron chi connectivity index (χ1n) is 14.4. The first-order chi connectivity index (χ1) is 20.2. The third kappa shape index (κ3) is 7.63. The fourth-order valence-corrected chi connectivity index (χ4v) is 6.57. The molecule has 9 nitrogen and oxygen atoms in total. The lowest BCUT2D eigenvalue weighted by Gasteiger charge is -2.34. The number of aryl methyl sites for hydroxylation is 1. The third-order valence-corrected chi connectivity index (χ3v) is 9.77. The quantitative estimate of drug-likeness (QED) is 0.310. The lowest BCUT2D eigenvalue weighted by molar-refractivity contribution is -0.117. The van der Waals surface area contributed by atoms with E-state index in [0.29, 0.717) is 44.0 Å². The van der Waals surface area contributed by atoms with Crippen LogP contribution in [0.5, 0.6) is 0 Å². The Bertz CT molecular complexity index is 1510. The maximum Gasteiger partial charge on any atom is 0.255 e. The number of sulfonamides is 1. The van der Waals surface area contributed by atoms with Crippen LogP contribution >= 0.6 is 0 Å². The number of piperazine rings is 1. The zero-order valence-electron chi connectivity index (χ0n) is 23.9. The van der Waals surface area contributed by atoms with Gasteiger partial charge in [-0.25, -0.2) is 8.42 Å². The first kappa shape index (κ1) is 29.9. The highest BCUT2D eigenvalue weighted by molar-refractivity contribution is 7.89. The van der Waals surface area contributed by atoms with Crippen molar-refractivity contribution in [1.29, 1.82) is 0 Å². The molecule has 0 radical (unpaired) electrons. The molecule has 3 aromatic rings. The molecule has 2 amide bonds. The second-order valence-corrected chi connectivity index (χ2v) is 13.2. The molecule has 222 valence electrons. The van der Waals surface area contributed by atoms with Crippen LogP contribution in [0, 0.1) is 12.8 Å². The van der Waals surface area contributed by atoms with Crippen LogP contribution in [-0.4, -0.2) is 73.1 Å². The van der Waals surface area contributed by atoms with E-state index in [1.807, 2.05) is 61.5 Å². The standard InChI is InChI=1S/C32H38N4O5S/c1-23-3-12-29(34-32(39)27-10-11-27)21-30(23)25-6-8-26(9-7-25)31(38)33-28-13-4-24(5-14-28)22-35-15-17-36(18-16-35)42(40,41)20-2-19-37/h3-9,12-14,21,27,37H,2,10-11,15-20,22H2,1H3,(H,33,38)(H,34,39). The SMILES string of the molecule is Cc1ccc(NC(=O)C2CC2)cc1-c1ccc(C(=O)Nc2ccc(CN3CCN(S(=O)(=O)CCCO)CC3)cc2)cc1. The molecule has 3 aromatic carbocycles. The molecule has 10 heteroatoms. The van der Waals surface area contributed by atoms with Gasteiger partial charge in [-0.2, -0.15) is 4.31 Å². The number of rotatable bonds is 11. The number of benzene rings is 3. The second-order valence-electron chi connectivity index (χ2n) is 11.1. The normalized spacial score (nSPS) is 16.2. The fourth-order valence-electron chi connectivity index (χ4n) is 5.10. The summed E-state index contributed by atoms with van der Waals surface area (Å²) in [6.45, 7) is 4.78. The zero-order chi connectivity index (χ0) is 29.7. The molecule has 0 unspecified atom stereocenters. The summed E-state index contributed by atoms with van der Waals surface area (Å²) in [6.07, 6.45) is 2.17. The highest BCUT2D eigenvalue weighted by Crippen LogP contribution is 2.32. The van der Waals surface area contributed by atoms with Gasteiger partial charge in [-0.3, -0.25) is 14.5 Å². The fraction of sp³-hybridized carbons (Fsp3) is 0.375. The Hall–Kier alpha value is -3.57. The zero-order valence-corrected chi connectivity index (χ0v) is 24.7. The number of carbonyl (C=O) groups excluding carboxylic acids is 2. The lowest BCUT2D eigenvalue weighted by Crippen LogP contribution is -2.48. The van der Waals surface area contributed by atoms with E-state index in [0.717, 1.165) is 40.8 Å². The molecule has 1 heterocycles. The molecule has 3 N–H and O–H groups in total. The van der Waals surface area contributed by atoms with Crippen LogP contribution < -0.4 is 10.6 Å². The summed E-state index contributed by atoms with van der Waals surface area (Å²) in [5.41, 5.74) is 6.17. The van der Waals surface area contributed by atoms with Gasteiger partial charge in [-0.15, -0.1) is 0 Å². The maximum absolute atomic E-state index is 12.9. The van der Waals surface area contributed by atoms with Gasteiger partial charge in [0.25, 0.3) is 5.91 Å². The molecule has 1 saturated carbocycles. The average molecular weight is 591 g/mol. The van der Waals surface area contributed by atoms with Crippen LogP contribution in [0.25, 0.3) is 11.1 Å². The van der Waals surface area contributed by atoms with Crippen molar-refractivity contribution >= 4 is 33.2 Å². The monoisotopic (exact) mass is 590 g/mol. The molecule has 1 saturated heterocycles. The molecule has 42 heavy (non-hydrogen) atoms. The van der Waals surface area contributed by atoms with Crippen molar-refractivity contribution in [2.45, 2.75) is 32.7 Å². The number of carbonyl (C=O) groups is 2. The van der Waals surface area contributed by atoms with Gasteiger partial charge >= 0.3 is 0 Å². The summed E-state index contributed by atoms with van der Waals surface area (Å²) in [5, 5.41) is 14.9. The summed E-state index contributed by atoms with van der Waals surface area (Å²) in [5.74, 6) is -0.00147. The molecular formula is C32H38N4O5S. The number of amides is 2. The van der Waals surface area contributed by atoms with E-state index in [1.165, 1.54) is 4.31 Å². The molecule has 1 aliphatic carbocycles. The van der Waals surface area contributed by atoms with Gasteiger partial charge in [0.2, 0.25) is 15.9 Å². The van der Waals surface area contributed by atoms with E-state index >= 15 is 0 Å². The summed E-state index contributed by atoms with van der Waals surface area (Å²) in [4.78, 5) is 27.3. The van der Waals surface area contributed by atoms with Crippen molar-refractivity contribution in [2.24, 2.45) is 5.92 Å². The highest BCUT2D eigenvalue weighted by atomic mass is 32.2. The van der Waals surface area contributed by atoms with E-state index in [2.05, 4.69) is 15.5 Å². The number of aliphatic hydroxyl groups excluding tert-OH is 1. The molecule has 0 bridgehead atoms. The molecule has 0 atom stereocenters. The van der Waals surface area contributed by atoms with Crippen LogP contribution in [0.3, 0.4) is 0 Å². The minimum atomic E-state index is -3.31. The van der Waals surface area contributed by atoms with E-state index in [4.69, 9.17) is 5.11 Å². The average Bonchev–Trinajstić information content (AvgIpc) is 3.85. The van der Waals surface area contributed by atoms with Crippen LogP contribution in [0.4, 0.5) is 11.4 Å². The van der Waals surface area contributed by atoms with E-state index < -0.39 is 10.0 Å². The van der Waals surface area contributed by atoms with Crippen LogP contribution in [0.15, 0.2) is 66.7 Å². The minimum Gasteiger partial charge on any atom is -0.396 e. The Kier molecular flexibility index (Phi) is 9.37. The second kappa shape index (κ2) is 13.2. The molecule has 2 fully saturated rings. The summed E-state index contributed by atoms with van der Waals surface area (Å²) < 4.78 is 26.2. The number of nitrogens with one attached hydrogen (secondary N) is 2. The largest absolute Gasteiger partial charge is 0.396 e. The Morgan fingerprint density at radius 3 is 2.19 bits per heavy atom.